The third-order valence-corrected chi connectivity index (χ3v) is 1.72. The van der Waals surface area contributed by atoms with Crippen molar-refractivity contribution < 1.29 is 4.39 Å². The van der Waals surface area contributed by atoms with Crippen LogP contribution in [0.1, 0.15) is 11.6 Å². The van der Waals surface area contributed by atoms with E-state index in [-0.39, 0.29) is 11.9 Å². The van der Waals surface area contributed by atoms with Gasteiger partial charge in [0.05, 0.1) is 0 Å². The van der Waals surface area contributed by atoms with E-state index in [1.807, 2.05) is 7.05 Å². The van der Waals surface area contributed by atoms with Crippen LogP contribution >= 0.6 is 0 Å². The molecule has 1 aromatic carbocycles. The van der Waals surface area contributed by atoms with Gasteiger partial charge in [-0.05, 0) is 24.7 Å². The molecule has 1 atom stereocenters. The Hall–Kier alpha value is -0.930. The van der Waals surface area contributed by atoms with Crippen LogP contribution in [-0.2, 0) is 0 Å². The highest BCUT2D eigenvalue weighted by Crippen LogP contribution is 2.09. The first-order valence-corrected chi connectivity index (χ1v) is 3.89. The molecule has 0 heterocycles. The highest BCUT2D eigenvalue weighted by Gasteiger charge is 2.03. The standard InChI is InChI=1S/C9H13FN2/c1-12-6-9(11)7-2-4-8(10)5-3-7/h2-5,9,12H,6,11H2,1H3. The van der Waals surface area contributed by atoms with Gasteiger partial charge in [0.25, 0.3) is 0 Å². The Kier molecular flexibility index (Phi) is 3.19. The van der Waals surface area contributed by atoms with Crippen LogP contribution in [0.25, 0.3) is 0 Å². The summed E-state index contributed by atoms with van der Waals surface area (Å²) in [6.45, 7) is 0.700. The number of likely N-dealkylation sites (N-methyl/N-ethyl adjacent to an activating group) is 1. The first-order valence-electron chi connectivity index (χ1n) is 3.89. The molecule has 3 heteroatoms. The van der Waals surface area contributed by atoms with Gasteiger partial charge in [-0.15, -0.1) is 0 Å². The van der Waals surface area contributed by atoms with Crippen molar-refractivity contribution in [3.63, 3.8) is 0 Å². The maximum Gasteiger partial charge on any atom is 0.123 e. The molecule has 1 aromatic rings. The summed E-state index contributed by atoms with van der Waals surface area (Å²) in [5, 5.41) is 2.96. The zero-order valence-electron chi connectivity index (χ0n) is 7.05. The van der Waals surface area contributed by atoms with Gasteiger partial charge in [-0.3, -0.25) is 0 Å². The number of nitrogens with two attached hydrogens (primary N) is 1. The van der Waals surface area contributed by atoms with Crippen LogP contribution < -0.4 is 11.1 Å². The molecule has 1 rings (SSSR count). The predicted octanol–water partition coefficient (Wildman–Crippen LogP) is 1.04. The molecule has 0 radical (unpaired) electrons. The van der Waals surface area contributed by atoms with Crippen molar-refractivity contribution in [2.24, 2.45) is 5.73 Å². The third-order valence-electron chi connectivity index (χ3n) is 1.72. The van der Waals surface area contributed by atoms with Gasteiger partial charge in [-0.2, -0.15) is 0 Å². The third kappa shape index (κ3) is 2.29. The fourth-order valence-corrected chi connectivity index (χ4v) is 1.05. The second-order valence-corrected chi connectivity index (χ2v) is 2.72. The normalized spacial score (nSPS) is 12.9. The maximum atomic E-state index is 12.5. The SMILES string of the molecule is CNCC(N)c1ccc(F)cc1. The lowest BCUT2D eigenvalue weighted by molar-refractivity contribution is 0.620. The highest BCUT2D eigenvalue weighted by atomic mass is 19.1. The van der Waals surface area contributed by atoms with E-state index in [2.05, 4.69) is 5.32 Å². The first kappa shape index (κ1) is 9.16. The monoisotopic (exact) mass is 168 g/mol. The van der Waals surface area contributed by atoms with E-state index >= 15 is 0 Å². The van der Waals surface area contributed by atoms with E-state index in [1.165, 1.54) is 12.1 Å². The lowest BCUT2D eigenvalue weighted by Gasteiger charge is -2.10. The van der Waals surface area contributed by atoms with Crippen molar-refractivity contribution in [1.29, 1.82) is 0 Å². The van der Waals surface area contributed by atoms with Crippen molar-refractivity contribution >= 4 is 0 Å². The molecular formula is C9H13FN2. The zero-order chi connectivity index (χ0) is 8.97. The van der Waals surface area contributed by atoms with Crippen LogP contribution in [0.4, 0.5) is 4.39 Å². The first-order chi connectivity index (χ1) is 5.74. The van der Waals surface area contributed by atoms with E-state index in [9.17, 15) is 4.39 Å². The van der Waals surface area contributed by atoms with Crippen molar-refractivity contribution in [3.05, 3.63) is 35.6 Å². The second-order valence-electron chi connectivity index (χ2n) is 2.72. The lowest BCUT2D eigenvalue weighted by Crippen LogP contribution is -2.23. The van der Waals surface area contributed by atoms with Crippen molar-refractivity contribution in [2.45, 2.75) is 6.04 Å². The number of benzene rings is 1. The van der Waals surface area contributed by atoms with Crippen LogP contribution in [0.15, 0.2) is 24.3 Å². The minimum atomic E-state index is -0.226. The summed E-state index contributed by atoms with van der Waals surface area (Å²) < 4.78 is 12.5. The predicted molar refractivity (Wildman–Crippen MR) is 47.3 cm³/mol. The van der Waals surface area contributed by atoms with Crippen molar-refractivity contribution in [3.8, 4) is 0 Å². The fourth-order valence-electron chi connectivity index (χ4n) is 1.05. The molecule has 3 N–H and O–H groups in total. The Morgan fingerprint density at radius 1 is 1.42 bits per heavy atom. The zero-order valence-corrected chi connectivity index (χ0v) is 7.05. The Morgan fingerprint density at radius 3 is 2.50 bits per heavy atom. The summed E-state index contributed by atoms with van der Waals surface area (Å²) >= 11 is 0. The average molecular weight is 168 g/mol. The number of nitrogens with one attached hydrogen (secondary N) is 1. The molecule has 2 nitrogen and oxygen atoms in total. The number of hydrogen-bond acceptors (Lipinski definition) is 2. The Labute approximate surface area is 71.6 Å². The van der Waals surface area contributed by atoms with Gasteiger partial charge in [0.15, 0.2) is 0 Å². The van der Waals surface area contributed by atoms with Gasteiger partial charge in [-0.25, -0.2) is 4.39 Å². The van der Waals surface area contributed by atoms with Crippen LogP contribution in [-0.4, -0.2) is 13.6 Å². The lowest BCUT2D eigenvalue weighted by atomic mass is 10.1. The van der Waals surface area contributed by atoms with Crippen LogP contribution in [0.3, 0.4) is 0 Å². The van der Waals surface area contributed by atoms with Gasteiger partial charge in [-0.1, -0.05) is 12.1 Å². The van der Waals surface area contributed by atoms with Gasteiger partial charge >= 0.3 is 0 Å². The molecule has 0 spiro atoms. The molecule has 0 saturated carbocycles. The Balaban J connectivity index is 2.68. The van der Waals surface area contributed by atoms with Crippen LogP contribution in [0.5, 0.6) is 0 Å². The highest BCUT2D eigenvalue weighted by molar-refractivity contribution is 5.19. The van der Waals surface area contributed by atoms with Gasteiger partial charge in [0.1, 0.15) is 5.82 Å². The second kappa shape index (κ2) is 4.18. The van der Waals surface area contributed by atoms with Crippen molar-refractivity contribution in [2.75, 3.05) is 13.6 Å². The molecule has 0 aromatic heterocycles. The minimum absolute atomic E-state index is 0.0596. The van der Waals surface area contributed by atoms with E-state index in [0.29, 0.717) is 6.54 Å². The molecule has 0 fully saturated rings. The smallest absolute Gasteiger partial charge is 0.123 e. The quantitative estimate of drug-likeness (QED) is 0.707. The summed E-state index contributed by atoms with van der Waals surface area (Å²) in [6, 6.07) is 6.19. The summed E-state index contributed by atoms with van der Waals surface area (Å²) in [5.41, 5.74) is 6.72. The van der Waals surface area contributed by atoms with E-state index in [4.69, 9.17) is 5.73 Å². The largest absolute Gasteiger partial charge is 0.323 e. The molecule has 0 aliphatic rings. The molecular weight excluding hydrogens is 155 g/mol. The maximum absolute atomic E-state index is 12.5. The summed E-state index contributed by atoms with van der Waals surface area (Å²) in [5.74, 6) is -0.226. The molecule has 1 unspecified atom stereocenters. The Morgan fingerprint density at radius 2 is 2.00 bits per heavy atom. The summed E-state index contributed by atoms with van der Waals surface area (Å²) in [4.78, 5) is 0. The number of rotatable bonds is 3. The van der Waals surface area contributed by atoms with E-state index in [1.54, 1.807) is 12.1 Å². The molecule has 0 aliphatic carbocycles. The summed E-state index contributed by atoms with van der Waals surface area (Å²) in [7, 11) is 1.84. The van der Waals surface area contributed by atoms with Gasteiger partial charge in [0.2, 0.25) is 0 Å². The van der Waals surface area contributed by atoms with E-state index in [0.717, 1.165) is 5.56 Å². The molecule has 0 bridgehead atoms. The molecule has 0 saturated heterocycles. The molecule has 0 aliphatic heterocycles. The molecule has 12 heavy (non-hydrogen) atoms. The van der Waals surface area contributed by atoms with Crippen LogP contribution in [0, 0.1) is 5.82 Å². The average Bonchev–Trinajstić information content (AvgIpc) is 2.06. The van der Waals surface area contributed by atoms with Gasteiger partial charge in [0, 0.05) is 12.6 Å². The minimum Gasteiger partial charge on any atom is -0.323 e. The van der Waals surface area contributed by atoms with Gasteiger partial charge < -0.3 is 11.1 Å². The topological polar surface area (TPSA) is 38.0 Å². The number of hydrogen-bond donors (Lipinski definition) is 2. The van der Waals surface area contributed by atoms with Crippen LogP contribution in [0.2, 0.25) is 0 Å². The molecule has 66 valence electrons. The fraction of sp³-hybridized carbons (Fsp3) is 0.333. The van der Waals surface area contributed by atoms with Crippen molar-refractivity contribution in [1.82, 2.24) is 5.32 Å². The molecule has 0 amide bonds. The Bertz CT molecular complexity index is 233. The van der Waals surface area contributed by atoms with E-state index < -0.39 is 0 Å². The number of halogens is 1. The summed E-state index contributed by atoms with van der Waals surface area (Å²) in [6.07, 6.45) is 0.